The number of carboxylic acid groups (broad SMARTS) is 1. The third kappa shape index (κ3) is 7.33. The van der Waals surface area contributed by atoms with Crippen molar-refractivity contribution in [1.82, 2.24) is 0 Å². The lowest BCUT2D eigenvalue weighted by atomic mass is 9.71. The Hall–Kier alpha value is -0.530. The van der Waals surface area contributed by atoms with Gasteiger partial charge in [0.2, 0.25) is 0 Å². The summed E-state index contributed by atoms with van der Waals surface area (Å²) in [7, 11) is 0. The Labute approximate surface area is 131 Å². The molecule has 0 aliphatic heterocycles. The summed E-state index contributed by atoms with van der Waals surface area (Å²) in [4.78, 5) is 11.4. The van der Waals surface area contributed by atoms with Gasteiger partial charge in [0.15, 0.2) is 0 Å². The normalized spacial score (nSPS) is 25.9. The fraction of sp³-hybridized carbons (Fsp3) is 0.947. The van der Waals surface area contributed by atoms with E-state index in [4.69, 9.17) is 0 Å². The van der Waals surface area contributed by atoms with Crippen LogP contribution in [0.3, 0.4) is 0 Å². The van der Waals surface area contributed by atoms with Crippen LogP contribution >= 0.6 is 0 Å². The molecule has 2 heteroatoms. The van der Waals surface area contributed by atoms with Crippen LogP contribution in [0.2, 0.25) is 0 Å². The van der Waals surface area contributed by atoms with E-state index in [1.165, 1.54) is 57.8 Å². The number of carboxylic acids is 1. The maximum atomic E-state index is 11.4. The van der Waals surface area contributed by atoms with Crippen molar-refractivity contribution in [1.29, 1.82) is 0 Å². The molecular formula is C19H36O2. The Kier molecular flexibility index (Phi) is 9.78. The maximum absolute atomic E-state index is 11.4. The lowest BCUT2D eigenvalue weighted by Gasteiger charge is -2.33. The molecule has 0 heterocycles. The van der Waals surface area contributed by atoms with E-state index in [1.54, 1.807) is 0 Å². The fourth-order valence-corrected chi connectivity index (χ4v) is 3.92. The molecule has 0 spiro atoms. The zero-order valence-electron chi connectivity index (χ0n) is 14.3. The van der Waals surface area contributed by atoms with Gasteiger partial charge in [0, 0.05) is 0 Å². The Morgan fingerprint density at radius 3 is 2.14 bits per heavy atom. The van der Waals surface area contributed by atoms with E-state index in [-0.39, 0.29) is 5.92 Å². The summed E-state index contributed by atoms with van der Waals surface area (Å²) in [5, 5.41) is 9.39. The number of aliphatic carboxylic acids is 1. The minimum Gasteiger partial charge on any atom is -0.481 e. The van der Waals surface area contributed by atoms with Crippen molar-refractivity contribution in [2.24, 2.45) is 17.8 Å². The summed E-state index contributed by atoms with van der Waals surface area (Å²) in [6.07, 6.45) is 16.3. The van der Waals surface area contributed by atoms with Crippen molar-refractivity contribution in [3.63, 3.8) is 0 Å². The van der Waals surface area contributed by atoms with Crippen LogP contribution in [-0.2, 0) is 4.79 Å². The topological polar surface area (TPSA) is 37.3 Å². The predicted octanol–water partition coefficient (Wildman–Crippen LogP) is 6.04. The summed E-state index contributed by atoms with van der Waals surface area (Å²) >= 11 is 0. The molecule has 0 aromatic rings. The molecule has 0 aromatic carbocycles. The van der Waals surface area contributed by atoms with Gasteiger partial charge in [-0.05, 0) is 37.5 Å². The standard InChI is InChI=1S/C19H36O2/c1-3-5-6-7-8-9-10-11-12-17-15-16(4-2)13-14-18(17)19(20)21/h16-18H,3-15H2,1-2H3,(H,20,21). The molecule has 3 atom stereocenters. The minimum absolute atomic E-state index is 0.0580. The Morgan fingerprint density at radius 2 is 1.57 bits per heavy atom. The Bertz CT molecular complexity index is 275. The Balaban J connectivity index is 2.16. The maximum Gasteiger partial charge on any atom is 0.306 e. The van der Waals surface area contributed by atoms with Gasteiger partial charge >= 0.3 is 5.97 Å². The van der Waals surface area contributed by atoms with Crippen molar-refractivity contribution in [2.45, 2.75) is 97.3 Å². The highest BCUT2D eigenvalue weighted by molar-refractivity contribution is 5.70. The van der Waals surface area contributed by atoms with Crippen molar-refractivity contribution in [2.75, 3.05) is 0 Å². The van der Waals surface area contributed by atoms with Gasteiger partial charge in [-0.2, -0.15) is 0 Å². The van der Waals surface area contributed by atoms with Gasteiger partial charge in [0.1, 0.15) is 0 Å². The molecule has 3 unspecified atom stereocenters. The molecule has 0 amide bonds. The van der Waals surface area contributed by atoms with Crippen LogP contribution in [0.25, 0.3) is 0 Å². The smallest absolute Gasteiger partial charge is 0.306 e. The second kappa shape index (κ2) is 11.1. The highest BCUT2D eigenvalue weighted by Gasteiger charge is 2.33. The van der Waals surface area contributed by atoms with E-state index >= 15 is 0 Å². The van der Waals surface area contributed by atoms with Gasteiger partial charge in [0.25, 0.3) is 0 Å². The molecule has 0 aromatic heterocycles. The van der Waals surface area contributed by atoms with Crippen LogP contribution in [0.1, 0.15) is 97.3 Å². The minimum atomic E-state index is -0.547. The van der Waals surface area contributed by atoms with E-state index < -0.39 is 5.97 Å². The number of unbranched alkanes of at least 4 members (excludes halogenated alkanes) is 7. The average Bonchev–Trinajstić information content (AvgIpc) is 2.49. The largest absolute Gasteiger partial charge is 0.481 e. The molecule has 21 heavy (non-hydrogen) atoms. The third-order valence-corrected chi connectivity index (χ3v) is 5.41. The van der Waals surface area contributed by atoms with Gasteiger partial charge in [0.05, 0.1) is 5.92 Å². The van der Waals surface area contributed by atoms with Gasteiger partial charge in [-0.25, -0.2) is 0 Å². The number of hydrogen-bond acceptors (Lipinski definition) is 1. The highest BCUT2D eigenvalue weighted by Crippen LogP contribution is 2.38. The summed E-state index contributed by atoms with van der Waals surface area (Å²) in [5.74, 6) is 0.618. The molecular weight excluding hydrogens is 260 g/mol. The van der Waals surface area contributed by atoms with Gasteiger partial charge < -0.3 is 5.11 Å². The van der Waals surface area contributed by atoms with Crippen LogP contribution in [-0.4, -0.2) is 11.1 Å². The highest BCUT2D eigenvalue weighted by atomic mass is 16.4. The number of rotatable bonds is 11. The van der Waals surface area contributed by atoms with Crippen LogP contribution in [0, 0.1) is 17.8 Å². The monoisotopic (exact) mass is 296 g/mol. The molecule has 1 fully saturated rings. The van der Waals surface area contributed by atoms with Gasteiger partial charge in [-0.1, -0.05) is 71.6 Å². The molecule has 0 bridgehead atoms. The molecule has 2 nitrogen and oxygen atoms in total. The number of hydrogen-bond donors (Lipinski definition) is 1. The van der Waals surface area contributed by atoms with Gasteiger partial charge in [-0.3, -0.25) is 4.79 Å². The molecule has 1 rings (SSSR count). The SMILES string of the molecule is CCCCCCCCCCC1CC(CC)CCC1C(=O)O. The molecule has 0 radical (unpaired) electrons. The summed E-state index contributed by atoms with van der Waals surface area (Å²) in [5.41, 5.74) is 0. The van der Waals surface area contributed by atoms with E-state index in [0.717, 1.165) is 31.6 Å². The van der Waals surface area contributed by atoms with E-state index in [9.17, 15) is 9.90 Å². The molecule has 1 aliphatic carbocycles. The fourth-order valence-electron chi connectivity index (χ4n) is 3.92. The molecule has 0 saturated heterocycles. The lowest BCUT2D eigenvalue weighted by molar-refractivity contribution is -0.145. The van der Waals surface area contributed by atoms with E-state index in [1.807, 2.05) is 0 Å². The van der Waals surface area contributed by atoms with Crippen LogP contribution < -0.4 is 0 Å². The zero-order valence-corrected chi connectivity index (χ0v) is 14.3. The van der Waals surface area contributed by atoms with Crippen molar-refractivity contribution >= 4 is 5.97 Å². The molecule has 124 valence electrons. The van der Waals surface area contributed by atoms with Crippen molar-refractivity contribution in [3.8, 4) is 0 Å². The number of carbonyl (C=O) groups is 1. The molecule has 1 saturated carbocycles. The van der Waals surface area contributed by atoms with Crippen LogP contribution in [0.15, 0.2) is 0 Å². The zero-order chi connectivity index (χ0) is 15.5. The summed E-state index contributed by atoms with van der Waals surface area (Å²) < 4.78 is 0. The second-order valence-electron chi connectivity index (χ2n) is 7.06. The molecule has 1 aliphatic rings. The van der Waals surface area contributed by atoms with Crippen molar-refractivity contribution in [3.05, 3.63) is 0 Å². The summed E-state index contributed by atoms with van der Waals surface area (Å²) in [6.45, 7) is 4.51. The first kappa shape index (κ1) is 18.5. The average molecular weight is 296 g/mol. The first-order valence-electron chi connectivity index (χ1n) is 9.41. The van der Waals surface area contributed by atoms with Gasteiger partial charge in [-0.15, -0.1) is 0 Å². The second-order valence-corrected chi connectivity index (χ2v) is 7.06. The summed E-state index contributed by atoms with van der Waals surface area (Å²) in [6, 6.07) is 0. The Morgan fingerprint density at radius 1 is 0.952 bits per heavy atom. The third-order valence-electron chi connectivity index (χ3n) is 5.41. The first-order valence-corrected chi connectivity index (χ1v) is 9.41. The van der Waals surface area contributed by atoms with E-state index in [0.29, 0.717) is 5.92 Å². The predicted molar refractivity (Wildman–Crippen MR) is 89.5 cm³/mol. The van der Waals surface area contributed by atoms with E-state index in [2.05, 4.69) is 13.8 Å². The molecule has 1 N–H and O–H groups in total. The van der Waals surface area contributed by atoms with Crippen LogP contribution in [0.5, 0.6) is 0 Å². The van der Waals surface area contributed by atoms with Crippen LogP contribution in [0.4, 0.5) is 0 Å². The quantitative estimate of drug-likeness (QED) is 0.472. The van der Waals surface area contributed by atoms with Crippen molar-refractivity contribution < 1.29 is 9.90 Å². The lowest BCUT2D eigenvalue weighted by Crippen LogP contribution is -2.30. The first-order chi connectivity index (χ1) is 10.2.